The maximum absolute atomic E-state index is 11.8. The first-order chi connectivity index (χ1) is 9.19. The van der Waals surface area contributed by atoms with Crippen molar-refractivity contribution in [3.05, 3.63) is 35.4 Å². The molecule has 1 aliphatic heterocycles. The van der Waals surface area contributed by atoms with Crippen molar-refractivity contribution in [2.24, 2.45) is 5.92 Å². The number of rotatable bonds is 4. The van der Waals surface area contributed by atoms with E-state index >= 15 is 0 Å². The van der Waals surface area contributed by atoms with Crippen LogP contribution in [-0.4, -0.2) is 30.6 Å². The first-order valence-electron chi connectivity index (χ1n) is 7.13. The van der Waals surface area contributed by atoms with Crippen LogP contribution in [0.25, 0.3) is 0 Å². The second-order valence-electron chi connectivity index (χ2n) is 5.32. The predicted molar refractivity (Wildman–Crippen MR) is 75.8 cm³/mol. The molecule has 1 heterocycles. The molecule has 1 fully saturated rings. The fraction of sp³-hybridized carbons (Fsp3) is 0.562. The van der Waals surface area contributed by atoms with Crippen LogP contribution in [0, 0.1) is 12.8 Å². The van der Waals surface area contributed by atoms with Gasteiger partial charge in [0.25, 0.3) is 0 Å². The molecule has 1 saturated heterocycles. The number of piperidine rings is 1. The number of hydrogen-bond donors (Lipinski definition) is 0. The molecule has 0 radical (unpaired) electrons. The molecule has 0 amide bonds. The maximum atomic E-state index is 11.8. The second-order valence-corrected chi connectivity index (χ2v) is 5.32. The van der Waals surface area contributed by atoms with E-state index in [9.17, 15) is 4.79 Å². The summed E-state index contributed by atoms with van der Waals surface area (Å²) in [5.41, 5.74) is 2.61. The van der Waals surface area contributed by atoms with Crippen molar-refractivity contribution in [2.45, 2.75) is 33.2 Å². The Bertz CT molecular complexity index is 431. The second kappa shape index (κ2) is 6.71. The lowest BCUT2D eigenvalue weighted by Crippen LogP contribution is -2.38. The van der Waals surface area contributed by atoms with E-state index in [0.29, 0.717) is 6.61 Å². The molecule has 0 N–H and O–H groups in total. The largest absolute Gasteiger partial charge is 0.466 e. The smallest absolute Gasteiger partial charge is 0.310 e. The Hall–Kier alpha value is -1.35. The van der Waals surface area contributed by atoms with Crippen molar-refractivity contribution in [3.8, 4) is 0 Å². The van der Waals surface area contributed by atoms with Gasteiger partial charge >= 0.3 is 5.97 Å². The Kier molecular flexibility index (Phi) is 4.97. The zero-order chi connectivity index (χ0) is 13.7. The highest BCUT2D eigenvalue weighted by Crippen LogP contribution is 2.20. The lowest BCUT2D eigenvalue weighted by atomic mass is 9.97. The van der Waals surface area contributed by atoms with Crippen LogP contribution >= 0.6 is 0 Å². The minimum atomic E-state index is -0.0311. The first-order valence-corrected chi connectivity index (χ1v) is 7.13. The fourth-order valence-corrected chi connectivity index (χ4v) is 2.72. The molecule has 3 heteroatoms. The summed E-state index contributed by atoms with van der Waals surface area (Å²) in [6.07, 6.45) is 2.04. The first kappa shape index (κ1) is 14.1. The van der Waals surface area contributed by atoms with Crippen LogP contribution in [0.4, 0.5) is 0 Å². The summed E-state index contributed by atoms with van der Waals surface area (Å²) in [5.74, 6) is 0.0231. The quantitative estimate of drug-likeness (QED) is 0.781. The molecule has 0 unspecified atom stereocenters. The van der Waals surface area contributed by atoms with Gasteiger partial charge in [-0.2, -0.15) is 0 Å². The van der Waals surface area contributed by atoms with Gasteiger partial charge in [-0.25, -0.2) is 0 Å². The molecular weight excluding hydrogens is 238 g/mol. The van der Waals surface area contributed by atoms with Crippen molar-refractivity contribution in [1.29, 1.82) is 0 Å². The minimum absolute atomic E-state index is 0.0311. The van der Waals surface area contributed by atoms with Crippen LogP contribution in [0.3, 0.4) is 0 Å². The molecule has 19 heavy (non-hydrogen) atoms. The zero-order valence-corrected chi connectivity index (χ0v) is 11.9. The van der Waals surface area contributed by atoms with Gasteiger partial charge in [-0.1, -0.05) is 29.8 Å². The number of aryl methyl sites for hydroxylation is 1. The van der Waals surface area contributed by atoms with E-state index in [4.69, 9.17) is 4.74 Å². The molecule has 104 valence electrons. The molecule has 0 bridgehead atoms. The van der Waals surface area contributed by atoms with Crippen molar-refractivity contribution < 1.29 is 9.53 Å². The van der Waals surface area contributed by atoms with Gasteiger partial charge in [0.05, 0.1) is 12.5 Å². The van der Waals surface area contributed by atoms with Crippen LogP contribution in [0.15, 0.2) is 24.3 Å². The topological polar surface area (TPSA) is 29.5 Å². The molecule has 1 atom stereocenters. The van der Waals surface area contributed by atoms with Crippen LogP contribution < -0.4 is 0 Å². The lowest BCUT2D eigenvalue weighted by molar-refractivity contribution is -0.150. The van der Waals surface area contributed by atoms with E-state index in [1.54, 1.807) is 0 Å². The third-order valence-electron chi connectivity index (χ3n) is 3.61. The molecule has 0 aromatic heterocycles. The van der Waals surface area contributed by atoms with E-state index in [1.807, 2.05) is 6.92 Å². The highest BCUT2D eigenvalue weighted by atomic mass is 16.5. The normalized spacial score (nSPS) is 20.2. The van der Waals surface area contributed by atoms with Crippen LogP contribution in [0.1, 0.15) is 30.9 Å². The summed E-state index contributed by atoms with van der Waals surface area (Å²) in [4.78, 5) is 14.2. The van der Waals surface area contributed by atoms with Gasteiger partial charge in [0.2, 0.25) is 0 Å². The van der Waals surface area contributed by atoms with Gasteiger partial charge in [0.1, 0.15) is 0 Å². The lowest BCUT2D eigenvalue weighted by Gasteiger charge is -2.31. The Labute approximate surface area is 115 Å². The Morgan fingerprint density at radius 2 is 2.32 bits per heavy atom. The van der Waals surface area contributed by atoms with E-state index in [-0.39, 0.29) is 11.9 Å². The summed E-state index contributed by atoms with van der Waals surface area (Å²) in [7, 11) is 0. The molecule has 3 nitrogen and oxygen atoms in total. The molecule has 0 aliphatic carbocycles. The molecule has 0 spiro atoms. The standard InChI is InChI=1S/C16H23NO2/c1-3-19-16(18)15-8-5-9-17(12-15)11-14-7-4-6-13(2)10-14/h4,6-7,10,15H,3,5,8-9,11-12H2,1-2H3/t15-/m1/s1. The highest BCUT2D eigenvalue weighted by molar-refractivity contribution is 5.72. The molecule has 1 aromatic carbocycles. The summed E-state index contributed by atoms with van der Waals surface area (Å²) >= 11 is 0. The number of esters is 1. The van der Waals surface area contributed by atoms with Crippen molar-refractivity contribution >= 4 is 5.97 Å². The van der Waals surface area contributed by atoms with E-state index in [0.717, 1.165) is 32.5 Å². The SMILES string of the molecule is CCOC(=O)[C@@H]1CCCN(Cc2cccc(C)c2)C1. The monoisotopic (exact) mass is 261 g/mol. The van der Waals surface area contributed by atoms with Gasteiger partial charge in [-0.3, -0.25) is 9.69 Å². The minimum Gasteiger partial charge on any atom is -0.466 e. The van der Waals surface area contributed by atoms with Gasteiger partial charge in [-0.05, 0) is 38.8 Å². The molecule has 1 aromatic rings. The van der Waals surface area contributed by atoms with E-state index < -0.39 is 0 Å². The zero-order valence-electron chi connectivity index (χ0n) is 11.9. The van der Waals surface area contributed by atoms with Gasteiger partial charge in [0.15, 0.2) is 0 Å². The summed E-state index contributed by atoms with van der Waals surface area (Å²) in [6, 6.07) is 8.58. The van der Waals surface area contributed by atoms with Gasteiger partial charge in [-0.15, -0.1) is 0 Å². The van der Waals surface area contributed by atoms with Crippen LogP contribution in [0.2, 0.25) is 0 Å². The fourth-order valence-electron chi connectivity index (χ4n) is 2.72. The van der Waals surface area contributed by atoms with Crippen LogP contribution in [-0.2, 0) is 16.1 Å². The Balaban J connectivity index is 1.92. The molecule has 2 rings (SSSR count). The van der Waals surface area contributed by atoms with Gasteiger partial charge < -0.3 is 4.74 Å². The number of benzene rings is 1. The van der Waals surface area contributed by atoms with Gasteiger partial charge in [0, 0.05) is 13.1 Å². The van der Waals surface area contributed by atoms with Crippen molar-refractivity contribution in [2.75, 3.05) is 19.7 Å². The number of ether oxygens (including phenoxy) is 1. The predicted octanol–water partition coefficient (Wildman–Crippen LogP) is 2.77. The molecular formula is C16H23NO2. The Morgan fingerprint density at radius 3 is 3.05 bits per heavy atom. The van der Waals surface area contributed by atoms with Crippen molar-refractivity contribution in [1.82, 2.24) is 4.90 Å². The van der Waals surface area contributed by atoms with Crippen molar-refractivity contribution in [3.63, 3.8) is 0 Å². The number of likely N-dealkylation sites (tertiary alicyclic amines) is 1. The summed E-state index contributed by atoms with van der Waals surface area (Å²) < 4.78 is 5.13. The molecule has 0 saturated carbocycles. The summed E-state index contributed by atoms with van der Waals surface area (Å²) in [5, 5.41) is 0. The number of carbonyl (C=O) groups is 1. The molecule has 1 aliphatic rings. The number of carbonyl (C=O) groups excluding carboxylic acids is 1. The van der Waals surface area contributed by atoms with Crippen LogP contribution in [0.5, 0.6) is 0 Å². The number of nitrogens with zero attached hydrogens (tertiary/aromatic N) is 1. The Morgan fingerprint density at radius 1 is 1.47 bits per heavy atom. The average molecular weight is 261 g/mol. The summed E-state index contributed by atoms with van der Waals surface area (Å²) in [6.45, 7) is 7.29. The third kappa shape index (κ3) is 4.06. The number of hydrogen-bond acceptors (Lipinski definition) is 3. The maximum Gasteiger partial charge on any atom is 0.310 e. The third-order valence-corrected chi connectivity index (χ3v) is 3.61. The average Bonchev–Trinajstić information content (AvgIpc) is 2.39. The highest BCUT2D eigenvalue weighted by Gasteiger charge is 2.26. The van der Waals surface area contributed by atoms with E-state index in [1.165, 1.54) is 11.1 Å². The van der Waals surface area contributed by atoms with E-state index in [2.05, 4.69) is 36.1 Å².